The highest BCUT2D eigenvalue weighted by molar-refractivity contribution is 6.04. The van der Waals surface area contributed by atoms with Crippen LogP contribution in [0.5, 0.6) is 0 Å². The van der Waals surface area contributed by atoms with Gasteiger partial charge in [-0.25, -0.2) is 0 Å². The second-order valence-electron chi connectivity index (χ2n) is 8.59. The topological polar surface area (TPSA) is 83.1 Å². The monoisotopic (exact) mass is 515 g/mol. The van der Waals surface area contributed by atoms with E-state index in [1.54, 1.807) is 24.4 Å². The van der Waals surface area contributed by atoms with Crippen molar-refractivity contribution < 1.29 is 31.1 Å². The van der Waals surface area contributed by atoms with E-state index in [9.17, 15) is 31.1 Å². The third kappa shape index (κ3) is 7.19. The molecule has 0 aliphatic carbocycles. The summed E-state index contributed by atoms with van der Waals surface area (Å²) in [5, 5.41) is 2.57. The Balaban J connectivity index is 1.79. The first kappa shape index (κ1) is 27.4. The van der Waals surface area contributed by atoms with Crippen LogP contribution in [-0.2, 0) is 4.79 Å². The number of nitrogens with zero attached hydrogens (tertiary/aromatic N) is 3. The summed E-state index contributed by atoms with van der Waals surface area (Å²) < 4.78 is 77.3. The van der Waals surface area contributed by atoms with E-state index >= 15 is 0 Å². The SMILES string of the molecule is CCC(=CC(=CCC(F)(F)F)C(F)(F)F)C(=O)Nc1ccc(C)c(N2CCC3=NC(N)N=CC3C2)c1. The van der Waals surface area contributed by atoms with Crippen LogP contribution in [-0.4, -0.2) is 49.6 Å². The summed E-state index contributed by atoms with van der Waals surface area (Å²) >= 11 is 0. The Morgan fingerprint density at radius 1 is 1.25 bits per heavy atom. The normalized spacial score (nSPS) is 21.2. The molecule has 0 spiro atoms. The number of carbonyl (C=O) groups excluding carboxylic acids is 1. The molecule has 12 heteroatoms. The van der Waals surface area contributed by atoms with Gasteiger partial charge in [0.15, 0.2) is 6.29 Å². The van der Waals surface area contributed by atoms with Crippen molar-refractivity contribution in [2.24, 2.45) is 21.6 Å². The van der Waals surface area contributed by atoms with E-state index in [0.29, 0.717) is 31.3 Å². The van der Waals surface area contributed by atoms with E-state index < -0.39 is 36.5 Å². The van der Waals surface area contributed by atoms with Gasteiger partial charge in [0.2, 0.25) is 0 Å². The molecular weight excluding hydrogens is 488 g/mol. The molecule has 3 rings (SSSR count). The maximum Gasteiger partial charge on any atom is 0.416 e. The molecule has 2 unspecified atom stereocenters. The molecule has 2 aliphatic heterocycles. The van der Waals surface area contributed by atoms with Gasteiger partial charge in [-0.3, -0.25) is 20.5 Å². The molecule has 1 saturated heterocycles. The number of nitrogens with two attached hydrogens (primary N) is 1. The van der Waals surface area contributed by atoms with Crippen LogP contribution < -0.4 is 16.0 Å². The van der Waals surface area contributed by atoms with Crippen molar-refractivity contribution in [3.05, 3.63) is 47.1 Å². The van der Waals surface area contributed by atoms with E-state index in [1.807, 2.05) is 6.92 Å². The lowest BCUT2D eigenvalue weighted by Gasteiger charge is -2.36. The van der Waals surface area contributed by atoms with Crippen LogP contribution in [0, 0.1) is 12.8 Å². The van der Waals surface area contributed by atoms with Crippen molar-refractivity contribution in [2.75, 3.05) is 23.3 Å². The smallest absolute Gasteiger partial charge is 0.370 e. The Morgan fingerprint density at radius 2 is 1.97 bits per heavy atom. The first-order chi connectivity index (χ1) is 16.8. The lowest BCUT2D eigenvalue weighted by atomic mass is 9.94. The first-order valence-corrected chi connectivity index (χ1v) is 11.3. The van der Waals surface area contributed by atoms with E-state index in [-0.39, 0.29) is 24.0 Å². The molecule has 6 nitrogen and oxygen atoms in total. The molecule has 2 atom stereocenters. The third-order valence-corrected chi connectivity index (χ3v) is 5.89. The summed E-state index contributed by atoms with van der Waals surface area (Å²) in [6.45, 7) is 4.61. The minimum atomic E-state index is -5.04. The highest BCUT2D eigenvalue weighted by Gasteiger charge is 2.35. The minimum Gasteiger partial charge on any atom is -0.370 e. The van der Waals surface area contributed by atoms with Crippen molar-refractivity contribution in [3.8, 4) is 0 Å². The third-order valence-electron chi connectivity index (χ3n) is 5.89. The lowest BCUT2D eigenvalue weighted by molar-refractivity contribution is -0.126. The van der Waals surface area contributed by atoms with E-state index in [0.717, 1.165) is 17.0 Å². The molecule has 1 fully saturated rings. The number of allylic oxidation sites excluding steroid dienone is 3. The fourth-order valence-corrected chi connectivity index (χ4v) is 4.01. The number of hydrogen-bond acceptors (Lipinski definition) is 5. The second-order valence-corrected chi connectivity index (χ2v) is 8.59. The Hall–Kier alpha value is -3.15. The average Bonchev–Trinajstić information content (AvgIpc) is 2.78. The maximum absolute atomic E-state index is 13.3. The summed E-state index contributed by atoms with van der Waals surface area (Å²) in [6, 6.07) is 5.11. The predicted molar refractivity (Wildman–Crippen MR) is 127 cm³/mol. The minimum absolute atomic E-state index is 0.00935. The molecule has 0 radical (unpaired) electrons. The van der Waals surface area contributed by atoms with Crippen molar-refractivity contribution in [2.45, 2.75) is 51.8 Å². The van der Waals surface area contributed by atoms with Crippen molar-refractivity contribution in [1.82, 2.24) is 0 Å². The van der Waals surface area contributed by atoms with E-state index in [4.69, 9.17) is 5.73 Å². The quantitative estimate of drug-likeness (QED) is 0.306. The van der Waals surface area contributed by atoms with Gasteiger partial charge in [-0.2, -0.15) is 26.3 Å². The van der Waals surface area contributed by atoms with Crippen LogP contribution in [0.15, 0.2) is 51.5 Å². The molecule has 0 saturated carbocycles. The average molecular weight is 516 g/mol. The molecule has 0 aromatic heterocycles. The largest absolute Gasteiger partial charge is 0.416 e. The van der Waals surface area contributed by atoms with Crippen LogP contribution in [0.3, 0.4) is 0 Å². The van der Waals surface area contributed by atoms with Gasteiger partial charge in [0, 0.05) is 54.3 Å². The Labute approximate surface area is 204 Å². The van der Waals surface area contributed by atoms with Gasteiger partial charge < -0.3 is 10.2 Å². The van der Waals surface area contributed by atoms with Crippen LogP contribution >= 0.6 is 0 Å². The molecule has 1 aromatic carbocycles. The number of aliphatic imine (C=N–C) groups is 2. The maximum atomic E-state index is 13.3. The van der Waals surface area contributed by atoms with Gasteiger partial charge in [-0.15, -0.1) is 0 Å². The Kier molecular flexibility index (Phi) is 8.27. The summed E-state index contributed by atoms with van der Waals surface area (Å²) in [7, 11) is 0. The highest BCUT2D eigenvalue weighted by atomic mass is 19.4. The zero-order valence-corrected chi connectivity index (χ0v) is 19.7. The van der Waals surface area contributed by atoms with Crippen LogP contribution in [0.25, 0.3) is 0 Å². The number of nitrogens with one attached hydrogen (secondary N) is 1. The lowest BCUT2D eigenvalue weighted by Crippen LogP contribution is -2.44. The number of amides is 1. The van der Waals surface area contributed by atoms with Crippen LogP contribution in [0.4, 0.5) is 37.7 Å². The fourth-order valence-electron chi connectivity index (χ4n) is 4.01. The molecule has 2 aliphatic rings. The van der Waals surface area contributed by atoms with Gasteiger partial charge in [-0.1, -0.05) is 19.1 Å². The van der Waals surface area contributed by atoms with Crippen LogP contribution in [0.1, 0.15) is 31.7 Å². The Bertz CT molecular complexity index is 1100. The van der Waals surface area contributed by atoms with Gasteiger partial charge in [0.25, 0.3) is 5.91 Å². The van der Waals surface area contributed by atoms with Crippen molar-refractivity contribution in [1.29, 1.82) is 0 Å². The van der Waals surface area contributed by atoms with Gasteiger partial charge in [0.05, 0.1) is 12.0 Å². The van der Waals surface area contributed by atoms with Crippen molar-refractivity contribution in [3.63, 3.8) is 0 Å². The number of fused-ring (bicyclic) bond motifs is 1. The van der Waals surface area contributed by atoms with E-state index in [1.165, 1.54) is 6.92 Å². The van der Waals surface area contributed by atoms with Crippen LogP contribution in [0.2, 0.25) is 0 Å². The molecule has 1 amide bonds. The highest BCUT2D eigenvalue weighted by Crippen LogP contribution is 2.32. The van der Waals surface area contributed by atoms with E-state index in [2.05, 4.69) is 20.2 Å². The summed E-state index contributed by atoms with van der Waals surface area (Å²) in [5.41, 5.74) is 7.02. The fraction of sp³-hybridized carbons (Fsp3) is 0.458. The van der Waals surface area contributed by atoms with Gasteiger partial charge >= 0.3 is 12.4 Å². The van der Waals surface area contributed by atoms with Gasteiger partial charge in [0.1, 0.15) is 0 Å². The number of alkyl halides is 6. The Morgan fingerprint density at radius 3 is 2.61 bits per heavy atom. The number of aryl methyl sites for hydroxylation is 1. The number of anilines is 2. The number of rotatable bonds is 6. The second kappa shape index (κ2) is 10.9. The number of benzene rings is 1. The molecule has 3 N–H and O–H groups in total. The molecule has 0 bridgehead atoms. The number of carbonyl (C=O) groups is 1. The molecule has 36 heavy (non-hydrogen) atoms. The number of halogens is 6. The summed E-state index contributed by atoms with van der Waals surface area (Å²) in [5.74, 6) is -0.814. The standard InChI is InChI=1S/C24H27F6N5O/c1-3-15(10-17(24(28,29)30)6-8-23(25,26)27)21(36)33-18-5-4-14(2)20(11-18)35-9-7-19-16(13-35)12-32-22(31)34-19/h4-6,10-12,16,22H,3,7-9,13,31H2,1-2H3,(H,33,36). The molecule has 1 aromatic rings. The van der Waals surface area contributed by atoms with Crippen molar-refractivity contribution >= 4 is 29.2 Å². The first-order valence-electron chi connectivity index (χ1n) is 11.3. The summed E-state index contributed by atoms with van der Waals surface area (Å²) in [6.07, 6.45) is -9.29. The zero-order valence-electron chi connectivity index (χ0n) is 19.7. The molecule has 2 heterocycles. The molecular formula is C24H27F6N5O. The number of hydrogen-bond donors (Lipinski definition) is 2. The number of piperidine rings is 1. The summed E-state index contributed by atoms with van der Waals surface area (Å²) in [4.78, 5) is 23.4. The van der Waals surface area contributed by atoms with Gasteiger partial charge in [-0.05, 0) is 37.1 Å². The molecule has 196 valence electrons. The zero-order chi connectivity index (χ0) is 26.7. The predicted octanol–water partition coefficient (Wildman–Crippen LogP) is 5.31.